The molecule has 0 spiro atoms. The van der Waals surface area contributed by atoms with Gasteiger partial charge in [0.15, 0.2) is 0 Å². The minimum atomic E-state index is 0.470. The van der Waals surface area contributed by atoms with Gasteiger partial charge in [0.2, 0.25) is 5.89 Å². The zero-order valence-corrected chi connectivity index (χ0v) is 10.3. The van der Waals surface area contributed by atoms with Crippen LogP contribution in [0, 0.1) is 0 Å². The molecule has 0 radical (unpaired) electrons. The second-order valence-electron chi connectivity index (χ2n) is 4.47. The van der Waals surface area contributed by atoms with E-state index in [1.54, 1.807) is 13.4 Å². The maximum Gasteiger partial charge on any atom is 0.229 e. The van der Waals surface area contributed by atoms with Crippen molar-refractivity contribution in [3.05, 3.63) is 36.2 Å². The van der Waals surface area contributed by atoms with E-state index in [0.29, 0.717) is 11.8 Å². The molecule has 0 aliphatic carbocycles. The number of oxazole rings is 1. The molecule has 1 atom stereocenters. The summed E-state index contributed by atoms with van der Waals surface area (Å²) >= 11 is 0. The molecule has 1 aromatic carbocycles. The normalized spacial score (nSPS) is 19.1. The SMILES string of the molecule is COc1ccccc1-c1nc(C2CCNC2)co1. The lowest BCUT2D eigenvalue weighted by Gasteiger charge is -2.04. The summed E-state index contributed by atoms with van der Waals surface area (Å²) in [5.41, 5.74) is 1.93. The number of methoxy groups -OCH3 is 1. The van der Waals surface area contributed by atoms with Gasteiger partial charge >= 0.3 is 0 Å². The van der Waals surface area contributed by atoms with Gasteiger partial charge in [-0.25, -0.2) is 4.98 Å². The van der Waals surface area contributed by atoms with Crippen LogP contribution in [-0.2, 0) is 0 Å². The maximum atomic E-state index is 5.59. The molecule has 1 unspecified atom stereocenters. The van der Waals surface area contributed by atoms with Crippen LogP contribution in [0.5, 0.6) is 5.75 Å². The Kier molecular flexibility index (Phi) is 3.02. The highest BCUT2D eigenvalue weighted by molar-refractivity contribution is 5.62. The number of ether oxygens (including phenoxy) is 1. The van der Waals surface area contributed by atoms with E-state index in [2.05, 4.69) is 10.3 Å². The van der Waals surface area contributed by atoms with Crippen molar-refractivity contribution in [2.24, 2.45) is 0 Å². The number of nitrogens with one attached hydrogen (secondary N) is 1. The summed E-state index contributed by atoms with van der Waals surface area (Å²) in [6.45, 7) is 2.04. The second-order valence-corrected chi connectivity index (χ2v) is 4.47. The first-order valence-electron chi connectivity index (χ1n) is 6.18. The fourth-order valence-corrected chi connectivity index (χ4v) is 2.33. The maximum absolute atomic E-state index is 5.59. The van der Waals surface area contributed by atoms with Crippen LogP contribution in [0.15, 0.2) is 34.9 Å². The van der Waals surface area contributed by atoms with E-state index in [9.17, 15) is 0 Å². The van der Waals surface area contributed by atoms with Gasteiger partial charge in [-0.3, -0.25) is 0 Å². The van der Waals surface area contributed by atoms with Gasteiger partial charge in [0.05, 0.1) is 18.4 Å². The van der Waals surface area contributed by atoms with Crippen molar-refractivity contribution in [2.45, 2.75) is 12.3 Å². The van der Waals surface area contributed by atoms with Gasteiger partial charge in [-0.2, -0.15) is 0 Å². The van der Waals surface area contributed by atoms with E-state index >= 15 is 0 Å². The lowest BCUT2D eigenvalue weighted by molar-refractivity contribution is 0.414. The lowest BCUT2D eigenvalue weighted by atomic mass is 10.1. The van der Waals surface area contributed by atoms with Gasteiger partial charge in [-0.05, 0) is 25.1 Å². The van der Waals surface area contributed by atoms with Crippen LogP contribution in [-0.4, -0.2) is 25.2 Å². The summed E-state index contributed by atoms with van der Waals surface area (Å²) in [6, 6.07) is 7.77. The summed E-state index contributed by atoms with van der Waals surface area (Å²) in [7, 11) is 1.66. The first-order valence-corrected chi connectivity index (χ1v) is 6.18. The molecule has 1 aliphatic heterocycles. The molecule has 0 saturated carbocycles. The van der Waals surface area contributed by atoms with E-state index in [4.69, 9.17) is 9.15 Å². The van der Waals surface area contributed by atoms with Crippen LogP contribution < -0.4 is 10.1 Å². The van der Waals surface area contributed by atoms with E-state index in [-0.39, 0.29) is 0 Å². The van der Waals surface area contributed by atoms with Crippen molar-refractivity contribution in [3.8, 4) is 17.2 Å². The molecular weight excluding hydrogens is 228 g/mol. The van der Waals surface area contributed by atoms with Crippen LogP contribution in [0.25, 0.3) is 11.5 Å². The van der Waals surface area contributed by atoms with Crippen molar-refractivity contribution in [3.63, 3.8) is 0 Å². The second kappa shape index (κ2) is 4.82. The molecule has 18 heavy (non-hydrogen) atoms. The van der Waals surface area contributed by atoms with E-state index in [1.165, 1.54) is 0 Å². The molecule has 94 valence electrons. The van der Waals surface area contributed by atoms with E-state index in [0.717, 1.165) is 36.5 Å². The predicted octanol–water partition coefficient (Wildman–Crippen LogP) is 2.43. The van der Waals surface area contributed by atoms with Gasteiger partial charge in [0.25, 0.3) is 0 Å². The zero-order valence-electron chi connectivity index (χ0n) is 10.3. The van der Waals surface area contributed by atoms with Gasteiger partial charge in [0.1, 0.15) is 12.0 Å². The van der Waals surface area contributed by atoms with Crippen LogP contribution >= 0.6 is 0 Å². The first kappa shape index (κ1) is 11.3. The number of aromatic nitrogens is 1. The topological polar surface area (TPSA) is 47.3 Å². The first-order chi connectivity index (χ1) is 8.88. The summed E-state index contributed by atoms with van der Waals surface area (Å²) in [5.74, 6) is 1.89. The fraction of sp³-hybridized carbons (Fsp3) is 0.357. The number of nitrogens with zero attached hydrogens (tertiary/aromatic N) is 1. The molecule has 1 fully saturated rings. The number of hydrogen-bond donors (Lipinski definition) is 1. The molecular formula is C14H16N2O2. The van der Waals surface area contributed by atoms with E-state index in [1.807, 2.05) is 24.3 Å². The number of rotatable bonds is 3. The molecule has 0 amide bonds. The molecule has 0 bridgehead atoms. The fourth-order valence-electron chi connectivity index (χ4n) is 2.33. The summed E-state index contributed by atoms with van der Waals surface area (Å²) in [5, 5.41) is 3.34. The lowest BCUT2D eigenvalue weighted by Crippen LogP contribution is -2.08. The highest BCUT2D eigenvalue weighted by Crippen LogP contribution is 2.31. The Balaban J connectivity index is 1.92. The van der Waals surface area contributed by atoms with Crippen molar-refractivity contribution in [1.29, 1.82) is 0 Å². The van der Waals surface area contributed by atoms with Gasteiger partial charge in [-0.15, -0.1) is 0 Å². The van der Waals surface area contributed by atoms with Crippen LogP contribution in [0.4, 0.5) is 0 Å². The Labute approximate surface area is 106 Å². The average molecular weight is 244 g/mol. The quantitative estimate of drug-likeness (QED) is 0.900. The highest BCUT2D eigenvalue weighted by atomic mass is 16.5. The molecule has 1 N–H and O–H groups in total. The van der Waals surface area contributed by atoms with Crippen molar-refractivity contribution < 1.29 is 9.15 Å². The van der Waals surface area contributed by atoms with Crippen LogP contribution in [0.3, 0.4) is 0 Å². The smallest absolute Gasteiger partial charge is 0.229 e. The molecule has 3 rings (SSSR count). The van der Waals surface area contributed by atoms with Gasteiger partial charge < -0.3 is 14.5 Å². The highest BCUT2D eigenvalue weighted by Gasteiger charge is 2.21. The van der Waals surface area contributed by atoms with Gasteiger partial charge in [-0.1, -0.05) is 12.1 Å². The molecule has 1 aromatic heterocycles. The van der Waals surface area contributed by atoms with E-state index < -0.39 is 0 Å². The molecule has 1 aliphatic rings. The number of benzene rings is 1. The minimum absolute atomic E-state index is 0.470. The van der Waals surface area contributed by atoms with Crippen molar-refractivity contribution >= 4 is 0 Å². The molecule has 2 heterocycles. The third kappa shape index (κ3) is 1.99. The Bertz CT molecular complexity index is 530. The molecule has 2 aromatic rings. The van der Waals surface area contributed by atoms with Crippen molar-refractivity contribution in [1.82, 2.24) is 10.3 Å². The largest absolute Gasteiger partial charge is 0.496 e. The number of hydrogen-bond acceptors (Lipinski definition) is 4. The molecule has 4 heteroatoms. The van der Waals surface area contributed by atoms with Gasteiger partial charge in [0, 0.05) is 12.5 Å². The number of para-hydroxylation sites is 1. The average Bonchev–Trinajstić information content (AvgIpc) is 3.09. The minimum Gasteiger partial charge on any atom is -0.496 e. The Morgan fingerprint density at radius 1 is 1.39 bits per heavy atom. The summed E-state index contributed by atoms with van der Waals surface area (Å²) in [4.78, 5) is 4.58. The van der Waals surface area contributed by atoms with Crippen molar-refractivity contribution in [2.75, 3.05) is 20.2 Å². The Hall–Kier alpha value is -1.81. The Morgan fingerprint density at radius 3 is 3.06 bits per heavy atom. The third-order valence-corrected chi connectivity index (χ3v) is 3.34. The molecule has 1 saturated heterocycles. The third-order valence-electron chi connectivity index (χ3n) is 3.34. The summed E-state index contributed by atoms with van der Waals surface area (Å²) < 4.78 is 10.9. The monoisotopic (exact) mass is 244 g/mol. The Morgan fingerprint density at radius 2 is 2.28 bits per heavy atom. The summed E-state index contributed by atoms with van der Waals surface area (Å²) in [6.07, 6.45) is 2.89. The zero-order chi connectivity index (χ0) is 12.4. The van der Waals surface area contributed by atoms with Crippen LogP contribution in [0.2, 0.25) is 0 Å². The van der Waals surface area contributed by atoms with Crippen LogP contribution in [0.1, 0.15) is 18.0 Å². The molecule has 4 nitrogen and oxygen atoms in total. The predicted molar refractivity (Wildman–Crippen MR) is 68.7 cm³/mol. The standard InChI is InChI=1S/C14H16N2O2/c1-17-13-5-3-2-4-11(13)14-16-12(9-18-14)10-6-7-15-8-10/h2-5,9-10,15H,6-8H2,1H3.